The predicted molar refractivity (Wildman–Crippen MR) is 83.6 cm³/mol. The van der Waals surface area contributed by atoms with Crippen LogP contribution in [0.15, 0.2) is 6.07 Å². The third kappa shape index (κ3) is 6.29. The highest BCUT2D eigenvalue weighted by Crippen LogP contribution is 2.11. The predicted octanol–water partition coefficient (Wildman–Crippen LogP) is 1.63. The summed E-state index contributed by atoms with van der Waals surface area (Å²) in [7, 11) is -0.766. The van der Waals surface area contributed by atoms with E-state index in [2.05, 4.69) is 20.6 Å². The van der Waals surface area contributed by atoms with Crippen molar-refractivity contribution < 1.29 is 8.95 Å². The first-order valence-electron chi connectivity index (χ1n) is 6.98. The van der Waals surface area contributed by atoms with Gasteiger partial charge >= 0.3 is 0 Å². The number of ether oxygens (including phenoxy) is 1. The van der Waals surface area contributed by atoms with Crippen LogP contribution < -0.4 is 10.6 Å². The van der Waals surface area contributed by atoms with Crippen molar-refractivity contribution in [1.29, 1.82) is 0 Å². The Balaban J connectivity index is 2.66. The number of hydrogen-bond acceptors (Lipinski definition) is 6. The summed E-state index contributed by atoms with van der Waals surface area (Å²) in [6.07, 6.45) is 0. The van der Waals surface area contributed by atoms with Crippen molar-refractivity contribution in [3.8, 4) is 0 Å². The van der Waals surface area contributed by atoms with E-state index in [0.29, 0.717) is 37.1 Å². The zero-order valence-electron chi connectivity index (χ0n) is 12.4. The molecule has 0 aliphatic heterocycles. The van der Waals surface area contributed by atoms with Gasteiger partial charge in [0.05, 0.1) is 0 Å². The fraction of sp³-hybridized carbons (Fsp3) is 0.692. The monoisotopic (exact) mass is 300 g/mol. The van der Waals surface area contributed by atoms with Gasteiger partial charge in [-0.25, -0.2) is 9.97 Å². The van der Waals surface area contributed by atoms with E-state index in [1.54, 1.807) is 0 Å². The molecule has 0 aromatic carbocycles. The van der Waals surface area contributed by atoms with Crippen molar-refractivity contribution in [1.82, 2.24) is 9.97 Å². The van der Waals surface area contributed by atoms with Crippen LogP contribution >= 0.6 is 0 Å². The average Bonchev–Trinajstić information content (AvgIpc) is 2.45. The minimum Gasteiger partial charge on any atom is -0.374 e. The Bertz CT molecular complexity index is 429. The lowest BCUT2D eigenvalue weighted by Gasteiger charge is -2.10. The number of nitrogens with one attached hydrogen (secondary N) is 2. The van der Waals surface area contributed by atoms with Gasteiger partial charge in [0.25, 0.3) is 0 Å². The van der Waals surface area contributed by atoms with E-state index in [1.165, 1.54) is 0 Å². The van der Waals surface area contributed by atoms with Crippen LogP contribution in [0.1, 0.15) is 26.6 Å². The molecule has 0 fully saturated rings. The Labute approximate surface area is 123 Å². The second kappa shape index (κ2) is 9.66. The van der Waals surface area contributed by atoms with Gasteiger partial charge in [-0.2, -0.15) is 0 Å². The number of hydrogen-bond donors (Lipinski definition) is 2. The second-order valence-electron chi connectivity index (χ2n) is 4.08. The van der Waals surface area contributed by atoms with Crippen molar-refractivity contribution in [3.63, 3.8) is 0 Å². The van der Waals surface area contributed by atoms with Crippen LogP contribution in [0.3, 0.4) is 0 Å². The van der Waals surface area contributed by atoms with Crippen LogP contribution in [0, 0.1) is 0 Å². The molecule has 20 heavy (non-hydrogen) atoms. The molecule has 0 bridgehead atoms. The van der Waals surface area contributed by atoms with Gasteiger partial charge in [0.1, 0.15) is 18.2 Å². The lowest BCUT2D eigenvalue weighted by molar-refractivity contribution is 0.128. The molecule has 0 saturated carbocycles. The van der Waals surface area contributed by atoms with Crippen molar-refractivity contribution in [2.24, 2.45) is 0 Å². The molecule has 2 N–H and O–H groups in total. The van der Waals surface area contributed by atoms with Crippen LogP contribution in [-0.4, -0.2) is 45.4 Å². The number of anilines is 2. The van der Waals surface area contributed by atoms with Crippen LogP contribution in [0.25, 0.3) is 0 Å². The fourth-order valence-corrected chi connectivity index (χ4v) is 2.17. The quantitative estimate of drug-likeness (QED) is 0.684. The van der Waals surface area contributed by atoms with Gasteiger partial charge in [0.2, 0.25) is 0 Å². The Hall–Kier alpha value is -1.21. The number of aromatic nitrogens is 2. The normalized spacial score (nSPS) is 12.2. The third-order valence-electron chi connectivity index (χ3n) is 2.52. The molecule has 1 atom stereocenters. The highest BCUT2D eigenvalue weighted by Gasteiger charge is 2.05. The minimum atomic E-state index is -0.766. The largest absolute Gasteiger partial charge is 0.374 e. The molecule has 7 heteroatoms. The Morgan fingerprint density at radius 1 is 1.20 bits per heavy atom. The van der Waals surface area contributed by atoms with E-state index in [9.17, 15) is 4.21 Å². The molecular formula is C13H24N4O2S. The van der Waals surface area contributed by atoms with E-state index < -0.39 is 10.8 Å². The maximum absolute atomic E-state index is 11.4. The molecule has 1 aromatic rings. The van der Waals surface area contributed by atoms with Crippen molar-refractivity contribution in [2.45, 2.75) is 27.4 Å². The molecule has 0 aliphatic rings. The Kier molecular flexibility index (Phi) is 8.13. The summed E-state index contributed by atoms with van der Waals surface area (Å²) in [5.41, 5.74) is 0. The minimum absolute atomic E-state index is 0.394. The smallest absolute Gasteiger partial charge is 0.158 e. The molecule has 1 unspecified atom stereocenters. The van der Waals surface area contributed by atoms with E-state index in [-0.39, 0.29) is 0 Å². The van der Waals surface area contributed by atoms with Crippen LogP contribution in [-0.2, 0) is 22.1 Å². The fourth-order valence-electron chi connectivity index (χ4n) is 1.55. The van der Waals surface area contributed by atoms with Gasteiger partial charge in [-0.15, -0.1) is 0 Å². The zero-order valence-corrected chi connectivity index (χ0v) is 13.3. The summed E-state index contributed by atoms with van der Waals surface area (Å²) in [6.45, 7) is 8.33. The summed E-state index contributed by atoms with van der Waals surface area (Å²) in [5, 5.41) is 6.35. The molecule has 0 spiro atoms. The first-order chi connectivity index (χ1) is 9.69. The molecule has 0 saturated heterocycles. The van der Waals surface area contributed by atoms with Gasteiger partial charge in [-0.05, 0) is 13.8 Å². The summed E-state index contributed by atoms with van der Waals surface area (Å²) in [6, 6.07) is 1.85. The van der Waals surface area contributed by atoms with Crippen molar-refractivity contribution in [2.75, 3.05) is 41.8 Å². The Morgan fingerprint density at radius 2 is 1.90 bits per heavy atom. The van der Waals surface area contributed by atoms with E-state index >= 15 is 0 Å². The maximum Gasteiger partial charge on any atom is 0.158 e. The summed E-state index contributed by atoms with van der Waals surface area (Å²) < 4.78 is 16.7. The van der Waals surface area contributed by atoms with E-state index in [4.69, 9.17) is 4.74 Å². The highest BCUT2D eigenvalue weighted by atomic mass is 32.2. The first-order valence-corrected chi connectivity index (χ1v) is 8.46. The molecule has 0 amide bonds. The summed E-state index contributed by atoms with van der Waals surface area (Å²) in [5.74, 6) is 3.46. The molecule has 1 aromatic heterocycles. The molecule has 6 nitrogen and oxygen atoms in total. The summed E-state index contributed by atoms with van der Waals surface area (Å²) >= 11 is 0. The van der Waals surface area contributed by atoms with Gasteiger partial charge in [-0.3, -0.25) is 4.21 Å². The SMILES string of the molecule is CCNc1cc(NCCS(=O)CC)nc(COCC)n1. The molecule has 1 rings (SSSR count). The number of nitrogens with zero attached hydrogens (tertiary/aromatic N) is 2. The Morgan fingerprint density at radius 3 is 2.50 bits per heavy atom. The highest BCUT2D eigenvalue weighted by molar-refractivity contribution is 7.84. The molecule has 114 valence electrons. The molecule has 0 aliphatic carbocycles. The maximum atomic E-state index is 11.4. The lowest BCUT2D eigenvalue weighted by Crippen LogP contribution is -2.14. The van der Waals surface area contributed by atoms with E-state index in [0.717, 1.165) is 18.2 Å². The van der Waals surface area contributed by atoms with Crippen LogP contribution in [0.2, 0.25) is 0 Å². The number of rotatable bonds is 10. The lowest BCUT2D eigenvalue weighted by atomic mass is 10.4. The van der Waals surface area contributed by atoms with Crippen molar-refractivity contribution in [3.05, 3.63) is 11.9 Å². The topological polar surface area (TPSA) is 76.1 Å². The third-order valence-corrected chi connectivity index (χ3v) is 3.83. The van der Waals surface area contributed by atoms with Crippen molar-refractivity contribution >= 4 is 22.4 Å². The summed E-state index contributed by atoms with van der Waals surface area (Å²) in [4.78, 5) is 8.76. The van der Waals surface area contributed by atoms with Gasteiger partial charge in [0.15, 0.2) is 5.82 Å². The van der Waals surface area contributed by atoms with Crippen LogP contribution in [0.5, 0.6) is 0 Å². The average molecular weight is 300 g/mol. The van der Waals surface area contributed by atoms with Gasteiger partial charge in [-0.1, -0.05) is 6.92 Å². The second-order valence-corrected chi connectivity index (χ2v) is 5.95. The van der Waals surface area contributed by atoms with E-state index in [1.807, 2.05) is 26.8 Å². The first kappa shape index (κ1) is 16.8. The van der Waals surface area contributed by atoms with Gasteiger partial charge < -0.3 is 15.4 Å². The standard InChI is InChI=1S/C13H24N4O2S/c1-4-14-11-9-12(15-7-8-20(18)6-3)17-13(16-11)10-19-5-2/h9H,4-8,10H2,1-3H3,(H2,14,15,16,17). The molecule has 0 radical (unpaired) electrons. The molecular weight excluding hydrogens is 276 g/mol. The molecule has 1 heterocycles. The van der Waals surface area contributed by atoms with Crippen LogP contribution in [0.4, 0.5) is 11.6 Å². The zero-order chi connectivity index (χ0) is 14.8. The van der Waals surface area contributed by atoms with Gasteiger partial charge in [0, 0.05) is 48.1 Å².